The molecule has 2 aromatic carbocycles. The Morgan fingerprint density at radius 2 is 1.82 bits per heavy atom. The van der Waals surface area contributed by atoms with Gasteiger partial charge in [0.2, 0.25) is 12.4 Å². The molecule has 1 saturated heterocycles. The van der Waals surface area contributed by atoms with Gasteiger partial charge in [-0.25, -0.2) is 25.3 Å². The highest BCUT2D eigenvalue weighted by atomic mass is 19.1. The van der Waals surface area contributed by atoms with Crippen LogP contribution in [0.1, 0.15) is 50.2 Å². The zero-order valence-corrected chi connectivity index (χ0v) is 21.9. The minimum atomic E-state index is -0.683. The summed E-state index contributed by atoms with van der Waals surface area (Å²) in [6, 6.07) is 12.0. The first-order valence-electron chi connectivity index (χ1n) is 12.8. The van der Waals surface area contributed by atoms with Gasteiger partial charge in [0.15, 0.2) is 0 Å². The predicted octanol–water partition coefficient (Wildman–Crippen LogP) is 2.38. The first-order chi connectivity index (χ1) is 19.4. The summed E-state index contributed by atoms with van der Waals surface area (Å²) in [5.41, 5.74) is 7.06. The van der Waals surface area contributed by atoms with Crippen LogP contribution in [0, 0.1) is 18.7 Å². The second-order valence-electron chi connectivity index (χ2n) is 9.46. The fourth-order valence-electron chi connectivity index (χ4n) is 4.58. The van der Waals surface area contributed by atoms with Crippen molar-refractivity contribution in [1.82, 2.24) is 26.2 Å². The molecule has 0 spiro atoms. The highest BCUT2D eigenvalue weighted by Gasteiger charge is 2.23. The zero-order valence-electron chi connectivity index (χ0n) is 21.9. The molecule has 0 atom stereocenters. The topological polar surface area (TPSA) is 149 Å². The van der Waals surface area contributed by atoms with E-state index >= 15 is 0 Å². The summed E-state index contributed by atoms with van der Waals surface area (Å²) in [6.45, 7) is 3.64. The van der Waals surface area contributed by atoms with Crippen LogP contribution in [-0.4, -0.2) is 58.7 Å². The summed E-state index contributed by atoms with van der Waals surface area (Å²) in [5, 5.41) is 15.7. The standard InChI is InChI=1S/C28H30FN7O4/c1-18-4-2-3-5-22(18)25(34-33-17-37)13-20-6-7-24(29)23(12-20)27(39)30-14-19-8-10-36(11-9-19)28-31-15-21(16-32-28)26(38)35-40/h2-7,12,15-17,19,40H,8-11,13-14H2,1H3,(H,30,39)(H,33,37)(H,35,38)/b34-25-. The number of carbonyl (C=O) groups is 3. The molecule has 11 nitrogen and oxygen atoms in total. The van der Waals surface area contributed by atoms with Crippen LogP contribution in [0.5, 0.6) is 0 Å². The second-order valence-corrected chi connectivity index (χ2v) is 9.46. The Balaban J connectivity index is 1.35. The fourth-order valence-corrected chi connectivity index (χ4v) is 4.58. The molecular weight excluding hydrogens is 517 g/mol. The van der Waals surface area contributed by atoms with E-state index in [-0.39, 0.29) is 17.0 Å². The number of hydrogen-bond donors (Lipinski definition) is 4. The van der Waals surface area contributed by atoms with Crippen LogP contribution >= 0.6 is 0 Å². The number of anilines is 1. The second kappa shape index (κ2) is 13.4. The largest absolute Gasteiger partial charge is 0.352 e. The Labute approximate surface area is 230 Å². The zero-order chi connectivity index (χ0) is 28.5. The SMILES string of the molecule is Cc1ccccc1/C(Cc1ccc(F)c(C(=O)NCC2CCN(c3ncc(C(=O)NO)cn3)CC2)c1)=N\NC=O. The van der Waals surface area contributed by atoms with Gasteiger partial charge in [-0.2, -0.15) is 5.10 Å². The third-order valence-corrected chi connectivity index (χ3v) is 6.81. The molecular formula is C28H30FN7O4. The van der Waals surface area contributed by atoms with E-state index in [0.717, 1.165) is 24.0 Å². The Kier molecular flexibility index (Phi) is 9.47. The summed E-state index contributed by atoms with van der Waals surface area (Å²) in [7, 11) is 0. The number of nitrogens with zero attached hydrogens (tertiary/aromatic N) is 4. The van der Waals surface area contributed by atoms with Crippen molar-refractivity contribution in [1.29, 1.82) is 0 Å². The lowest BCUT2D eigenvalue weighted by Gasteiger charge is -2.32. The maximum absolute atomic E-state index is 14.6. The number of hydroxylamine groups is 1. The van der Waals surface area contributed by atoms with Crippen LogP contribution in [0.25, 0.3) is 0 Å². The number of aromatic nitrogens is 2. The maximum atomic E-state index is 14.6. The average molecular weight is 548 g/mol. The number of hydrogen-bond acceptors (Lipinski definition) is 8. The number of hydrazone groups is 1. The van der Waals surface area contributed by atoms with E-state index < -0.39 is 17.6 Å². The number of nitrogens with one attached hydrogen (secondary N) is 3. The maximum Gasteiger partial charge on any atom is 0.277 e. The highest BCUT2D eigenvalue weighted by Crippen LogP contribution is 2.21. The fraction of sp³-hybridized carbons (Fsp3) is 0.286. The van der Waals surface area contributed by atoms with Gasteiger partial charge < -0.3 is 10.2 Å². The van der Waals surface area contributed by atoms with Gasteiger partial charge in [-0.15, -0.1) is 0 Å². The Hall–Kier alpha value is -4.71. The minimum absolute atomic E-state index is 0.0529. The van der Waals surface area contributed by atoms with Crippen LogP contribution in [0.15, 0.2) is 60.0 Å². The number of carbonyl (C=O) groups excluding carboxylic acids is 3. The molecule has 12 heteroatoms. The number of amides is 3. The lowest BCUT2D eigenvalue weighted by molar-refractivity contribution is -0.109. The number of benzene rings is 2. The average Bonchev–Trinajstić information content (AvgIpc) is 2.99. The first kappa shape index (κ1) is 28.3. The molecule has 3 aromatic rings. The van der Waals surface area contributed by atoms with Gasteiger partial charge in [-0.1, -0.05) is 30.3 Å². The number of piperidine rings is 1. The van der Waals surface area contributed by atoms with Crippen molar-refractivity contribution in [2.75, 3.05) is 24.5 Å². The molecule has 0 saturated carbocycles. The van der Waals surface area contributed by atoms with Crippen molar-refractivity contribution in [3.8, 4) is 0 Å². The molecule has 1 aliphatic heterocycles. The Morgan fingerprint density at radius 3 is 2.50 bits per heavy atom. The molecule has 40 heavy (non-hydrogen) atoms. The minimum Gasteiger partial charge on any atom is -0.352 e. The Bertz CT molecular complexity index is 1390. The molecule has 2 heterocycles. The molecule has 1 aliphatic rings. The number of rotatable bonds is 10. The van der Waals surface area contributed by atoms with Gasteiger partial charge in [-0.05, 0) is 48.9 Å². The van der Waals surface area contributed by atoms with Crippen molar-refractivity contribution >= 4 is 29.9 Å². The van der Waals surface area contributed by atoms with Crippen molar-refractivity contribution < 1.29 is 24.0 Å². The third-order valence-electron chi connectivity index (χ3n) is 6.81. The summed E-state index contributed by atoms with van der Waals surface area (Å²) >= 11 is 0. The number of aryl methyl sites for hydroxylation is 1. The monoisotopic (exact) mass is 547 g/mol. The van der Waals surface area contributed by atoms with Gasteiger partial charge in [-0.3, -0.25) is 19.6 Å². The molecule has 0 bridgehead atoms. The molecule has 1 aromatic heterocycles. The van der Waals surface area contributed by atoms with E-state index in [1.807, 2.05) is 36.1 Å². The molecule has 0 radical (unpaired) electrons. The van der Waals surface area contributed by atoms with Crippen molar-refractivity contribution in [2.24, 2.45) is 11.0 Å². The van der Waals surface area contributed by atoms with Crippen LogP contribution in [0.2, 0.25) is 0 Å². The smallest absolute Gasteiger partial charge is 0.277 e. The first-order valence-corrected chi connectivity index (χ1v) is 12.8. The summed E-state index contributed by atoms with van der Waals surface area (Å²) in [5.74, 6) is -1.12. The van der Waals surface area contributed by atoms with Gasteiger partial charge in [0.05, 0.1) is 16.8 Å². The van der Waals surface area contributed by atoms with Gasteiger partial charge in [0.1, 0.15) is 5.82 Å². The lowest BCUT2D eigenvalue weighted by atomic mass is 9.96. The van der Waals surface area contributed by atoms with E-state index in [1.54, 1.807) is 11.5 Å². The van der Waals surface area contributed by atoms with Crippen LogP contribution in [0.4, 0.5) is 10.3 Å². The van der Waals surface area contributed by atoms with Crippen molar-refractivity contribution in [3.05, 3.63) is 88.5 Å². The molecule has 3 amide bonds. The predicted molar refractivity (Wildman–Crippen MR) is 146 cm³/mol. The van der Waals surface area contributed by atoms with Gasteiger partial charge >= 0.3 is 0 Å². The third kappa shape index (κ3) is 7.03. The van der Waals surface area contributed by atoms with E-state index in [1.165, 1.54) is 24.5 Å². The van der Waals surface area contributed by atoms with E-state index in [9.17, 15) is 18.8 Å². The quantitative estimate of drug-likeness (QED) is 0.132. The van der Waals surface area contributed by atoms with Crippen molar-refractivity contribution in [3.63, 3.8) is 0 Å². The molecule has 208 valence electrons. The van der Waals surface area contributed by atoms with E-state index in [2.05, 4.69) is 25.8 Å². The normalized spacial score (nSPS) is 14.0. The molecule has 4 rings (SSSR count). The molecule has 0 aliphatic carbocycles. The Morgan fingerprint density at radius 1 is 1.10 bits per heavy atom. The van der Waals surface area contributed by atoms with Crippen molar-refractivity contribution in [2.45, 2.75) is 26.2 Å². The van der Waals surface area contributed by atoms with Crippen LogP contribution in [0.3, 0.4) is 0 Å². The summed E-state index contributed by atoms with van der Waals surface area (Å²) < 4.78 is 14.6. The molecule has 1 fully saturated rings. The van der Waals surface area contributed by atoms with E-state index in [0.29, 0.717) is 49.7 Å². The van der Waals surface area contributed by atoms with Crippen LogP contribution < -0.4 is 21.1 Å². The highest BCUT2D eigenvalue weighted by molar-refractivity contribution is 6.03. The van der Waals surface area contributed by atoms with Gasteiger partial charge in [0, 0.05) is 44.0 Å². The van der Waals surface area contributed by atoms with Crippen LogP contribution in [-0.2, 0) is 11.2 Å². The lowest BCUT2D eigenvalue weighted by Crippen LogP contribution is -2.39. The van der Waals surface area contributed by atoms with E-state index in [4.69, 9.17) is 5.21 Å². The molecule has 4 N–H and O–H groups in total. The molecule has 0 unspecified atom stereocenters. The summed E-state index contributed by atoms with van der Waals surface area (Å²) in [6.07, 6.45) is 5.00. The summed E-state index contributed by atoms with van der Waals surface area (Å²) in [4.78, 5) is 45.6. The number of halogens is 1. The van der Waals surface area contributed by atoms with Gasteiger partial charge in [0.25, 0.3) is 11.8 Å².